The lowest BCUT2D eigenvalue weighted by molar-refractivity contribution is -0.326. The molecule has 0 aliphatic carbocycles. The summed E-state index contributed by atoms with van der Waals surface area (Å²) >= 11 is 0. The monoisotopic (exact) mass is 320 g/mol. The third kappa shape index (κ3) is 6.06. The van der Waals surface area contributed by atoms with Crippen LogP contribution in [0.3, 0.4) is 0 Å². The molecule has 0 spiro atoms. The first-order valence-electron chi connectivity index (χ1n) is 7.91. The summed E-state index contributed by atoms with van der Waals surface area (Å²) in [5, 5.41) is 0. The van der Waals surface area contributed by atoms with E-state index < -0.39 is 12.3 Å². The lowest BCUT2D eigenvalue weighted by Crippen LogP contribution is -2.23. The van der Waals surface area contributed by atoms with Gasteiger partial charge in [-0.05, 0) is 34.9 Å². The van der Waals surface area contributed by atoms with Gasteiger partial charge in [-0.25, -0.2) is 4.79 Å². The van der Waals surface area contributed by atoms with Crippen LogP contribution < -0.4 is 4.74 Å². The van der Waals surface area contributed by atoms with E-state index in [1.54, 1.807) is 6.92 Å². The molecular formula is C19H28O4. The maximum atomic E-state index is 10.9. The largest absolute Gasteiger partial charge is 0.461 e. The lowest BCUT2D eigenvalue weighted by atomic mass is 9.70. The summed E-state index contributed by atoms with van der Waals surface area (Å²) in [5.41, 5.74) is 1.47. The van der Waals surface area contributed by atoms with Crippen LogP contribution >= 0.6 is 0 Å². The maximum Gasteiger partial charge on any atom is 0.365 e. The molecule has 0 N–H and O–H groups in total. The van der Waals surface area contributed by atoms with E-state index >= 15 is 0 Å². The van der Waals surface area contributed by atoms with Gasteiger partial charge >= 0.3 is 5.97 Å². The highest BCUT2D eigenvalue weighted by molar-refractivity contribution is 5.80. The van der Waals surface area contributed by atoms with E-state index in [4.69, 9.17) is 9.62 Å². The summed E-state index contributed by atoms with van der Waals surface area (Å²) < 4.78 is 5.56. The first-order valence-corrected chi connectivity index (χ1v) is 7.91. The summed E-state index contributed by atoms with van der Waals surface area (Å²) in [6.45, 7) is 16.2. The Morgan fingerprint density at radius 2 is 1.70 bits per heavy atom. The summed E-state index contributed by atoms with van der Waals surface area (Å²) in [7, 11) is 0. The van der Waals surface area contributed by atoms with E-state index in [-0.39, 0.29) is 5.41 Å². The van der Waals surface area contributed by atoms with Crippen LogP contribution in [0, 0.1) is 11.3 Å². The quantitative estimate of drug-likeness (QED) is 0.311. The Bertz CT molecular complexity index is 511. The molecule has 128 valence electrons. The summed E-state index contributed by atoms with van der Waals surface area (Å²) in [4.78, 5) is 20.2. The van der Waals surface area contributed by atoms with Gasteiger partial charge in [0.15, 0.2) is 0 Å². The fourth-order valence-electron chi connectivity index (χ4n) is 3.00. The van der Waals surface area contributed by atoms with Crippen molar-refractivity contribution in [2.45, 2.75) is 53.8 Å². The Morgan fingerprint density at radius 1 is 1.13 bits per heavy atom. The number of rotatable bonds is 7. The van der Waals surface area contributed by atoms with Crippen molar-refractivity contribution in [2.75, 3.05) is 0 Å². The number of benzene rings is 1. The average Bonchev–Trinajstić information content (AvgIpc) is 2.45. The highest BCUT2D eigenvalue weighted by atomic mass is 17.2. The van der Waals surface area contributed by atoms with Gasteiger partial charge in [-0.3, -0.25) is 4.89 Å². The molecule has 0 heterocycles. The van der Waals surface area contributed by atoms with Crippen molar-refractivity contribution in [2.24, 2.45) is 11.3 Å². The Labute approximate surface area is 139 Å². The first kappa shape index (κ1) is 19.2. The molecule has 0 amide bonds. The minimum atomic E-state index is -0.701. The fourth-order valence-corrected chi connectivity index (χ4v) is 3.00. The third-order valence-corrected chi connectivity index (χ3v) is 3.57. The third-order valence-electron chi connectivity index (χ3n) is 3.57. The molecule has 4 heteroatoms. The van der Waals surface area contributed by atoms with E-state index in [0.29, 0.717) is 17.6 Å². The second-order valence-electron chi connectivity index (χ2n) is 7.04. The average molecular weight is 320 g/mol. The smallest absolute Gasteiger partial charge is 0.365 e. The SMILES string of the molecule is C=CC(=O)OOC(C)Oc1ccc(C(C(C)C)C(C)(C)C)cc1. The van der Waals surface area contributed by atoms with Gasteiger partial charge in [-0.2, -0.15) is 0 Å². The second-order valence-corrected chi connectivity index (χ2v) is 7.04. The molecule has 1 rings (SSSR count). The topological polar surface area (TPSA) is 44.8 Å². The number of hydrogen-bond acceptors (Lipinski definition) is 4. The van der Waals surface area contributed by atoms with Crippen LogP contribution in [0.1, 0.15) is 53.0 Å². The molecule has 4 nitrogen and oxygen atoms in total. The Kier molecular flexibility index (Phi) is 6.82. The van der Waals surface area contributed by atoms with Gasteiger partial charge < -0.3 is 4.74 Å². The number of carbonyl (C=O) groups excluding carboxylic acids is 1. The molecule has 0 saturated heterocycles. The van der Waals surface area contributed by atoms with Crippen LogP contribution in [-0.2, 0) is 14.6 Å². The van der Waals surface area contributed by atoms with Crippen LogP contribution in [0.2, 0.25) is 0 Å². The van der Waals surface area contributed by atoms with Crippen LogP contribution in [0.4, 0.5) is 0 Å². The Hall–Kier alpha value is -1.81. The highest BCUT2D eigenvalue weighted by Crippen LogP contribution is 2.40. The molecule has 0 aliphatic rings. The van der Waals surface area contributed by atoms with Crippen LogP contribution in [-0.4, -0.2) is 12.3 Å². The van der Waals surface area contributed by atoms with E-state index in [1.807, 2.05) is 12.1 Å². The number of carbonyl (C=O) groups is 1. The highest BCUT2D eigenvalue weighted by Gasteiger charge is 2.28. The van der Waals surface area contributed by atoms with Crippen molar-refractivity contribution >= 4 is 5.97 Å². The standard InChI is InChI=1S/C19H28O4/c1-8-17(20)23-22-14(4)21-16-11-9-15(10-12-16)18(13(2)3)19(5,6)7/h8-14,18H,1H2,2-7H3. The van der Waals surface area contributed by atoms with Crippen LogP contribution in [0.25, 0.3) is 0 Å². The zero-order valence-electron chi connectivity index (χ0n) is 15.0. The van der Waals surface area contributed by atoms with Gasteiger partial charge in [-0.15, -0.1) is 4.89 Å². The molecule has 1 aromatic rings. The predicted molar refractivity (Wildman–Crippen MR) is 90.9 cm³/mol. The number of ether oxygens (including phenoxy) is 1. The predicted octanol–water partition coefficient (Wildman–Crippen LogP) is 4.86. The molecule has 2 atom stereocenters. The van der Waals surface area contributed by atoms with Crippen molar-refractivity contribution in [3.63, 3.8) is 0 Å². The zero-order chi connectivity index (χ0) is 17.6. The van der Waals surface area contributed by atoms with E-state index in [9.17, 15) is 4.79 Å². The van der Waals surface area contributed by atoms with Gasteiger partial charge in [0.05, 0.1) is 0 Å². The molecule has 0 aliphatic heterocycles. The van der Waals surface area contributed by atoms with Crippen molar-refractivity contribution in [1.82, 2.24) is 0 Å². The van der Waals surface area contributed by atoms with Crippen molar-refractivity contribution < 1.29 is 19.3 Å². The Morgan fingerprint density at radius 3 is 2.13 bits per heavy atom. The van der Waals surface area contributed by atoms with Crippen molar-refractivity contribution in [1.29, 1.82) is 0 Å². The van der Waals surface area contributed by atoms with E-state index in [2.05, 4.69) is 58.2 Å². The minimum Gasteiger partial charge on any atom is -0.461 e. The van der Waals surface area contributed by atoms with Gasteiger partial charge in [0.1, 0.15) is 5.75 Å². The van der Waals surface area contributed by atoms with Crippen LogP contribution in [0.15, 0.2) is 36.9 Å². The Balaban J connectivity index is 2.72. The van der Waals surface area contributed by atoms with Gasteiger partial charge in [0.2, 0.25) is 6.29 Å². The molecule has 0 fully saturated rings. The summed E-state index contributed by atoms with van der Waals surface area (Å²) in [5.74, 6) is 1.01. The minimum absolute atomic E-state index is 0.186. The second kappa shape index (κ2) is 8.16. The maximum absolute atomic E-state index is 10.9. The van der Waals surface area contributed by atoms with Gasteiger partial charge in [0.25, 0.3) is 0 Å². The summed E-state index contributed by atoms with van der Waals surface area (Å²) in [6.07, 6.45) is 0.327. The van der Waals surface area contributed by atoms with Gasteiger partial charge in [-0.1, -0.05) is 53.3 Å². The van der Waals surface area contributed by atoms with E-state index in [1.165, 1.54) is 5.56 Å². The lowest BCUT2D eigenvalue weighted by Gasteiger charge is -2.34. The zero-order valence-corrected chi connectivity index (χ0v) is 15.0. The first-order chi connectivity index (χ1) is 10.6. The van der Waals surface area contributed by atoms with E-state index in [0.717, 1.165) is 6.08 Å². The molecule has 0 radical (unpaired) electrons. The summed E-state index contributed by atoms with van der Waals surface area (Å²) in [6, 6.07) is 7.97. The van der Waals surface area contributed by atoms with Gasteiger partial charge in [0, 0.05) is 13.0 Å². The fraction of sp³-hybridized carbons (Fsp3) is 0.526. The van der Waals surface area contributed by atoms with Crippen molar-refractivity contribution in [3.05, 3.63) is 42.5 Å². The molecule has 2 unspecified atom stereocenters. The molecular weight excluding hydrogens is 292 g/mol. The molecule has 0 saturated carbocycles. The molecule has 0 bridgehead atoms. The molecule has 23 heavy (non-hydrogen) atoms. The van der Waals surface area contributed by atoms with Crippen LogP contribution in [0.5, 0.6) is 5.75 Å². The van der Waals surface area contributed by atoms with Crippen molar-refractivity contribution in [3.8, 4) is 5.75 Å². The number of hydrogen-bond donors (Lipinski definition) is 0. The normalized spacial score (nSPS) is 14.2. The molecule has 1 aromatic carbocycles. The molecule has 0 aromatic heterocycles.